The maximum atomic E-state index is 14.5. The van der Waals surface area contributed by atoms with E-state index in [0.717, 1.165) is 32.5 Å². The second-order valence-corrected chi connectivity index (χ2v) is 11.1. The number of amides is 2. The first-order chi connectivity index (χ1) is 18.7. The van der Waals surface area contributed by atoms with Crippen molar-refractivity contribution in [1.29, 1.82) is 0 Å². The van der Waals surface area contributed by atoms with E-state index in [2.05, 4.69) is 18.7 Å². The maximum Gasteiger partial charge on any atom is 0.260 e. The van der Waals surface area contributed by atoms with E-state index in [0.29, 0.717) is 48.2 Å². The van der Waals surface area contributed by atoms with Crippen LogP contribution >= 0.6 is 0 Å². The van der Waals surface area contributed by atoms with Crippen molar-refractivity contribution < 1.29 is 23.5 Å². The molecule has 1 aliphatic rings. The van der Waals surface area contributed by atoms with E-state index in [-0.39, 0.29) is 36.7 Å². The third-order valence-corrected chi connectivity index (χ3v) is 6.72. The fourth-order valence-electron chi connectivity index (χ4n) is 4.96. The van der Waals surface area contributed by atoms with Crippen LogP contribution in [0.15, 0.2) is 42.5 Å². The molecule has 0 radical (unpaired) electrons. The van der Waals surface area contributed by atoms with E-state index in [1.165, 1.54) is 12.1 Å². The molecule has 0 N–H and O–H groups in total. The first-order valence-electron chi connectivity index (χ1n) is 14.0. The van der Waals surface area contributed by atoms with Crippen molar-refractivity contribution in [3.8, 4) is 11.5 Å². The number of halogens is 1. The van der Waals surface area contributed by atoms with E-state index in [1.807, 2.05) is 19.9 Å². The van der Waals surface area contributed by atoms with Gasteiger partial charge in [0.05, 0.1) is 7.11 Å². The predicted molar refractivity (Wildman–Crippen MR) is 153 cm³/mol. The van der Waals surface area contributed by atoms with Crippen LogP contribution in [0.3, 0.4) is 0 Å². The minimum Gasteiger partial charge on any atom is -0.497 e. The van der Waals surface area contributed by atoms with Crippen molar-refractivity contribution in [3.63, 3.8) is 0 Å². The van der Waals surface area contributed by atoms with Gasteiger partial charge in [-0.15, -0.1) is 0 Å². The normalized spacial score (nSPS) is 15.5. The van der Waals surface area contributed by atoms with Gasteiger partial charge in [0, 0.05) is 44.4 Å². The molecule has 0 unspecified atom stereocenters. The molecule has 0 aromatic heterocycles. The zero-order chi connectivity index (χ0) is 28.4. The lowest BCUT2D eigenvalue weighted by atomic mass is 10.1. The molecule has 7 nitrogen and oxygen atoms in total. The molecule has 0 fully saturated rings. The van der Waals surface area contributed by atoms with Crippen molar-refractivity contribution in [2.75, 3.05) is 51.3 Å². The summed E-state index contributed by atoms with van der Waals surface area (Å²) in [6.07, 6.45) is 2.02. The van der Waals surface area contributed by atoms with Crippen LogP contribution < -0.4 is 14.4 Å². The van der Waals surface area contributed by atoms with Crippen molar-refractivity contribution >= 4 is 17.5 Å². The van der Waals surface area contributed by atoms with Crippen molar-refractivity contribution in [2.24, 2.45) is 11.8 Å². The van der Waals surface area contributed by atoms with Crippen LogP contribution in [0.5, 0.6) is 11.5 Å². The van der Waals surface area contributed by atoms with E-state index in [1.54, 1.807) is 41.2 Å². The lowest BCUT2D eigenvalue weighted by molar-refractivity contribution is -0.134. The Kier molecular flexibility index (Phi) is 11.6. The van der Waals surface area contributed by atoms with Crippen molar-refractivity contribution in [3.05, 3.63) is 53.8 Å². The molecule has 8 heteroatoms. The summed E-state index contributed by atoms with van der Waals surface area (Å²) in [5.41, 5.74) is 1.30. The van der Waals surface area contributed by atoms with Crippen molar-refractivity contribution in [2.45, 2.75) is 53.5 Å². The van der Waals surface area contributed by atoms with Gasteiger partial charge in [-0.05, 0) is 73.7 Å². The maximum absolute atomic E-state index is 14.5. The lowest BCUT2D eigenvalue weighted by Crippen LogP contribution is -2.41. The second kappa shape index (κ2) is 14.9. The number of nitrogens with zero attached hydrogens (tertiary/aromatic N) is 3. The summed E-state index contributed by atoms with van der Waals surface area (Å²) in [5, 5.41) is 0. The average Bonchev–Trinajstić information content (AvgIpc) is 2.88. The smallest absolute Gasteiger partial charge is 0.260 e. The number of benzene rings is 2. The van der Waals surface area contributed by atoms with Crippen LogP contribution in [0.2, 0.25) is 0 Å². The molecule has 39 heavy (non-hydrogen) atoms. The summed E-state index contributed by atoms with van der Waals surface area (Å²) in [5.74, 6) is 1.33. The van der Waals surface area contributed by atoms with Gasteiger partial charge in [0.25, 0.3) is 5.91 Å². The molecule has 0 saturated heterocycles. The fourth-order valence-corrected chi connectivity index (χ4v) is 4.96. The minimum absolute atomic E-state index is 0.0181. The van der Waals surface area contributed by atoms with Gasteiger partial charge in [0.15, 0.2) is 6.61 Å². The Hall–Kier alpha value is -3.13. The van der Waals surface area contributed by atoms with Gasteiger partial charge in [-0.3, -0.25) is 9.59 Å². The number of anilines is 1. The highest BCUT2D eigenvalue weighted by Gasteiger charge is 2.24. The summed E-state index contributed by atoms with van der Waals surface area (Å²) >= 11 is 0. The molecular weight excluding hydrogens is 497 g/mol. The van der Waals surface area contributed by atoms with Gasteiger partial charge < -0.3 is 24.2 Å². The minimum atomic E-state index is -0.389. The lowest BCUT2D eigenvalue weighted by Gasteiger charge is -2.32. The summed E-state index contributed by atoms with van der Waals surface area (Å²) in [6, 6.07) is 11.6. The number of carbonyl (C=O) groups excluding carboxylic acids is 2. The van der Waals surface area contributed by atoms with Gasteiger partial charge in [-0.2, -0.15) is 0 Å². The van der Waals surface area contributed by atoms with Crippen LogP contribution in [0.4, 0.5) is 10.1 Å². The number of hydrogen-bond donors (Lipinski definition) is 0. The summed E-state index contributed by atoms with van der Waals surface area (Å²) in [7, 11) is 1.58. The van der Waals surface area contributed by atoms with E-state index >= 15 is 0 Å². The first kappa shape index (κ1) is 30.4. The summed E-state index contributed by atoms with van der Waals surface area (Å²) in [4.78, 5) is 32.7. The molecule has 2 aromatic carbocycles. The van der Waals surface area contributed by atoms with E-state index in [9.17, 15) is 14.0 Å². The number of ether oxygens (including phenoxy) is 2. The van der Waals surface area contributed by atoms with E-state index < -0.39 is 0 Å². The quantitative estimate of drug-likeness (QED) is 0.450. The summed E-state index contributed by atoms with van der Waals surface area (Å²) < 4.78 is 25.5. The SMILES string of the molecule is COc1cccc(OCC(=O)N2CCCN(CC(C)C)CCCN(C(=O)CC(C)C)c3ccc(F)cc3C2)c1. The van der Waals surface area contributed by atoms with Crippen molar-refractivity contribution in [1.82, 2.24) is 9.80 Å². The molecule has 1 aliphatic heterocycles. The topological polar surface area (TPSA) is 62.3 Å². The Morgan fingerprint density at radius 3 is 2.31 bits per heavy atom. The molecule has 1 heterocycles. The van der Waals surface area contributed by atoms with Crippen LogP contribution in [-0.2, 0) is 16.1 Å². The fraction of sp³-hybridized carbons (Fsp3) is 0.548. The number of carbonyl (C=O) groups is 2. The highest BCUT2D eigenvalue weighted by molar-refractivity contribution is 5.94. The molecule has 2 aromatic rings. The third kappa shape index (κ3) is 9.53. The highest BCUT2D eigenvalue weighted by Crippen LogP contribution is 2.26. The van der Waals surface area contributed by atoms with Gasteiger partial charge in [0.2, 0.25) is 5.91 Å². The zero-order valence-corrected chi connectivity index (χ0v) is 24.1. The zero-order valence-electron chi connectivity index (χ0n) is 24.1. The molecule has 0 bridgehead atoms. The Morgan fingerprint density at radius 2 is 1.62 bits per heavy atom. The molecule has 0 spiro atoms. The van der Waals surface area contributed by atoms with Gasteiger partial charge in [-0.1, -0.05) is 33.8 Å². The molecule has 0 saturated carbocycles. The van der Waals surface area contributed by atoms with Crippen LogP contribution in [0.25, 0.3) is 0 Å². The monoisotopic (exact) mass is 541 g/mol. The Bertz CT molecular complexity index is 1090. The average molecular weight is 542 g/mol. The third-order valence-electron chi connectivity index (χ3n) is 6.72. The molecule has 3 rings (SSSR count). The Labute approximate surface area is 232 Å². The number of fused-ring (bicyclic) bond motifs is 1. The molecule has 0 atom stereocenters. The second-order valence-electron chi connectivity index (χ2n) is 11.1. The molecule has 214 valence electrons. The van der Waals surface area contributed by atoms with Crippen LogP contribution in [0, 0.1) is 17.7 Å². The molecule has 0 aliphatic carbocycles. The first-order valence-corrected chi connectivity index (χ1v) is 14.0. The van der Waals surface area contributed by atoms with Crippen LogP contribution in [-0.4, -0.2) is 68.1 Å². The van der Waals surface area contributed by atoms with Gasteiger partial charge >= 0.3 is 0 Å². The Balaban J connectivity index is 1.90. The standard InChI is InChI=1S/C31H44FN3O4/c1-23(2)17-30(36)35-16-8-14-33(20-24(3)4)13-7-15-34(21-25-18-26(32)11-12-29(25)35)31(37)22-39-28-10-6-9-27(19-28)38-5/h6,9-12,18-19,23-24H,7-8,13-17,20-22H2,1-5H3. The predicted octanol–water partition coefficient (Wildman–Crippen LogP) is 5.37. The largest absolute Gasteiger partial charge is 0.497 e. The van der Waals surface area contributed by atoms with Gasteiger partial charge in [0.1, 0.15) is 17.3 Å². The molecule has 2 amide bonds. The van der Waals surface area contributed by atoms with E-state index in [4.69, 9.17) is 9.47 Å². The van der Waals surface area contributed by atoms with Gasteiger partial charge in [-0.25, -0.2) is 4.39 Å². The number of methoxy groups -OCH3 is 1. The highest BCUT2D eigenvalue weighted by atomic mass is 19.1. The summed E-state index contributed by atoms with van der Waals surface area (Å²) in [6.45, 7) is 12.2. The number of rotatable bonds is 8. The number of hydrogen-bond acceptors (Lipinski definition) is 5. The Morgan fingerprint density at radius 1 is 0.897 bits per heavy atom. The van der Waals surface area contributed by atoms with Crippen LogP contribution in [0.1, 0.15) is 52.5 Å². The molecular formula is C31H44FN3O4.